The first-order valence-corrected chi connectivity index (χ1v) is 13.7. The fourth-order valence-electron chi connectivity index (χ4n) is 5.39. The number of rotatable bonds is 6. The van der Waals surface area contributed by atoms with E-state index in [1.54, 1.807) is 0 Å². The van der Waals surface area contributed by atoms with Crippen molar-refractivity contribution in [3.8, 4) is 22.4 Å². The summed E-state index contributed by atoms with van der Waals surface area (Å²) < 4.78 is 1.84. The zero-order chi connectivity index (χ0) is 27.5. The maximum absolute atomic E-state index is 13.3. The van der Waals surface area contributed by atoms with Crippen LogP contribution in [0.2, 0.25) is 0 Å². The normalized spacial score (nSPS) is 15.2. The molecule has 6 rings (SSSR count). The molecule has 0 radical (unpaired) electrons. The minimum atomic E-state index is -0.0658. The summed E-state index contributed by atoms with van der Waals surface area (Å²) in [5.74, 6) is 1.16. The Morgan fingerprint density at radius 3 is 2.58 bits per heavy atom. The summed E-state index contributed by atoms with van der Waals surface area (Å²) in [6.07, 6.45) is 3.83. The molecule has 4 N–H and O–H groups in total. The number of benzene rings is 3. The number of carbonyl (C=O) groups excluding carboxylic acids is 1. The van der Waals surface area contributed by atoms with Gasteiger partial charge in [-0.05, 0) is 41.9 Å². The molecule has 3 aromatic carbocycles. The molecule has 1 fully saturated rings. The van der Waals surface area contributed by atoms with Crippen molar-refractivity contribution in [1.82, 2.24) is 19.5 Å². The number of para-hydroxylation sites is 2. The van der Waals surface area contributed by atoms with Crippen molar-refractivity contribution >= 4 is 42.2 Å². The summed E-state index contributed by atoms with van der Waals surface area (Å²) in [5, 5.41) is 11.3. The average Bonchev–Trinajstić information content (AvgIpc) is 3.37. The van der Waals surface area contributed by atoms with E-state index in [-0.39, 0.29) is 6.03 Å². The Labute approximate surface area is 234 Å². The van der Waals surface area contributed by atoms with E-state index >= 15 is 0 Å². The van der Waals surface area contributed by atoms with E-state index in [1.807, 2.05) is 96.3 Å². The monoisotopic (exact) mass is 529 g/mol. The second-order valence-corrected chi connectivity index (χ2v) is 10.4. The molecule has 0 aliphatic carbocycles. The third kappa shape index (κ3) is 5.23. The average molecular weight is 529 g/mol. The summed E-state index contributed by atoms with van der Waals surface area (Å²) in [6.45, 7) is 2.13. The van der Waals surface area contributed by atoms with Crippen LogP contribution in [0.1, 0.15) is 12.8 Å². The first-order chi connectivity index (χ1) is 19.6. The van der Waals surface area contributed by atoms with Gasteiger partial charge < -0.3 is 21.3 Å². The molecule has 1 atom stereocenters. The maximum Gasteiger partial charge on any atom is 0.321 e. The molecule has 0 saturated carbocycles. The van der Waals surface area contributed by atoms with E-state index < -0.39 is 0 Å². The van der Waals surface area contributed by atoms with Gasteiger partial charge in [-0.3, -0.25) is 0 Å². The molecule has 1 unspecified atom stereocenters. The predicted octanol–water partition coefficient (Wildman–Crippen LogP) is 4.26. The number of aromatic nitrogens is 3. The lowest BCUT2D eigenvalue weighted by molar-refractivity contribution is 0.180. The lowest BCUT2D eigenvalue weighted by Gasteiger charge is -2.33. The number of likely N-dealkylation sites (tertiary alicyclic amines) is 1. The van der Waals surface area contributed by atoms with Crippen LogP contribution in [0.25, 0.3) is 28.0 Å². The molecule has 1 saturated heterocycles. The molecule has 1 aliphatic heterocycles. The van der Waals surface area contributed by atoms with Crippen LogP contribution in [0, 0.1) is 5.92 Å². The molecule has 1 aliphatic rings. The molecule has 40 heavy (non-hydrogen) atoms. The van der Waals surface area contributed by atoms with Crippen molar-refractivity contribution in [2.45, 2.75) is 12.8 Å². The molecule has 9 heteroatoms. The molecule has 2 aromatic heterocycles. The second-order valence-electron chi connectivity index (χ2n) is 10.4. The SMILES string of the molecule is Bc1cnn2c(NCC3CCCN(C(=O)Nc4ccccc4-c4ccccc4)C3)cc(-c3ccccc3N)nc12. The second kappa shape index (κ2) is 11.1. The lowest BCUT2D eigenvalue weighted by Crippen LogP contribution is -2.44. The van der Waals surface area contributed by atoms with Crippen molar-refractivity contribution < 1.29 is 4.79 Å². The van der Waals surface area contributed by atoms with Gasteiger partial charge in [0.05, 0.1) is 11.4 Å². The summed E-state index contributed by atoms with van der Waals surface area (Å²) in [7, 11) is 2.00. The topological polar surface area (TPSA) is 101 Å². The van der Waals surface area contributed by atoms with E-state index in [0.29, 0.717) is 24.7 Å². The fourth-order valence-corrected chi connectivity index (χ4v) is 5.39. The summed E-state index contributed by atoms with van der Waals surface area (Å²) in [5.41, 5.74) is 13.3. The van der Waals surface area contributed by atoms with Crippen LogP contribution in [-0.2, 0) is 0 Å². The number of hydrogen-bond acceptors (Lipinski definition) is 5. The van der Waals surface area contributed by atoms with Crippen molar-refractivity contribution in [3.63, 3.8) is 0 Å². The van der Waals surface area contributed by atoms with Crippen LogP contribution in [-0.4, -0.2) is 53.0 Å². The van der Waals surface area contributed by atoms with E-state index in [1.165, 1.54) is 0 Å². The highest BCUT2D eigenvalue weighted by Crippen LogP contribution is 2.29. The number of carbonyl (C=O) groups is 1. The highest BCUT2D eigenvalue weighted by molar-refractivity contribution is 6.36. The molecule has 0 bridgehead atoms. The first kappa shape index (κ1) is 25.5. The number of piperidine rings is 1. The number of anilines is 3. The van der Waals surface area contributed by atoms with Crippen LogP contribution in [0.4, 0.5) is 22.0 Å². The predicted molar refractivity (Wildman–Crippen MR) is 165 cm³/mol. The fraction of sp³-hybridized carbons (Fsp3) is 0.194. The Morgan fingerprint density at radius 2 is 1.75 bits per heavy atom. The summed E-state index contributed by atoms with van der Waals surface area (Å²) in [6, 6.07) is 27.8. The quantitative estimate of drug-likeness (QED) is 0.226. The molecule has 5 aromatic rings. The van der Waals surface area contributed by atoms with Gasteiger partial charge in [-0.25, -0.2) is 9.78 Å². The molecule has 200 valence electrons. The number of nitrogens with one attached hydrogen (secondary N) is 2. The van der Waals surface area contributed by atoms with E-state index in [9.17, 15) is 4.79 Å². The molecule has 0 spiro atoms. The zero-order valence-corrected chi connectivity index (χ0v) is 22.5. The molecule has 8 nitrogen and oxygen atoms in total. The van der Waals surface area contributed by atoms with Crippen LogP contribution >= 0.6 is 0 Å². The first-order valence-electron chi connectivity index (χ1n) is 13.7. The van der Waals surface area contributed by atoms with Crippen molar-refractivity contribution in [2.75, 3.05) is 36.0 Å². The number of nitrogens with two attached hydrogens (primary N) is 1. The van der Waals surface area contributed by atoms with Gasteiger partial charge in [0.25, 0.3) is 0 Å². The third-order valence-corrected chi connectivity index (χ3v) is 7.52. The van der Waals surface area contributed by atoms with E-state index in [0.717, 1.165) is 64.4 Å². The Kier molecular flexibility index (Phi) is 7.10. The van der Waals surface area contributed by atoms with Crippen LogP contribution in [0.5, 0.6) is 0 Å². The van der Waals surface area contributed by atoms with Gasteiger partial charge in [0, 0.05) is 48.7 Å². The number of nitrogen functional groups attached to an aromatic ring is 1. The highest BCUT2D eigenvalue weighted by atomic mass is 16.2. The van der Waals surface area contributed by atoms with Gasteiger partial charge in [0.1, 0.15) is 13.7 Å². The summed E-state index contributed by atoms with van der Waals surface area (Å²) >= 11 is 0. The third-order valence-electron chi connectivity index (χ3n) is 7.52. The summed E-state index contributed by atoms with van der Waals surface area (Å²) in [4.78, 5) is 20.1. The smallest absolute Gasteiger partial charge is 0.321 e. The van der Waals surface area contributed by atoms with E-state index in [2.05, 4.69) is 27.9 Å². The Hall–Kier alpha value is -4.79. The van der Waals surface area contributed by atoms with Gasteiger partial charge in [0.15, 0.2) is 5.65 Å². The van der Waals surface area contributed by atoms with Crippen molar-refractivity contribution in [1.29, 1.82) is 0 Å². The number of hydrogen-bond donors (Lipinski definition) is 3. The standard InChI is InChI=1S/C31H32BN7O/c32-25-19-35-39-29(17-28(36-30(25)39)24-13-4-6-14-26(24)33)34-18-21-9-8-16-38(20-21)31(40)37-27-15-7-5-12-23(27)22-10-2-1-3-11-22/h1-7,10-15,17,19,21,34H,8-9,16,18,20,32-33H2,(H,37,40). The molecular weight excluding hydrogens is 497 g/mol. The van der Waals surface area contributed by atoms with Gasteiger partial charge >= 0.3 is 6.03 Å². The number of amides is 2. The number of fused-ring (bicyclic) bond motifs is 1. The van der Waals surface area contributed by atoms with Crippen molar-refractivity contribution in [2.24, 2.45) is 5.92 Å². The van der Waals surface area contributed by atoms with Gasteiger partial charge in [0.2, 0.25) is 0 Å². The number of nitrogens with zero attached hydrogens (tertiary/aromatic N) is 4. The largest absolute Gasteiger partial charge is 0.398 e. The van der Waals surface area contributed by atoms with Gasteiger partial charge in [-0.1, -0.05) is 66.7 Å². The van der Waals surface area contributed by atoms with Gasteiger partial charge in [-0.2, -0.15) is 9.61 Å². The number of urea groups is 1. The molecule has 3 heterocycles. The Bertz CT molecular complexity index is 1650. The van der Waals surface area contributed by atoms with Gasteiger partial charge in [-0.15, -0.1) is 0 Å². The molecular formula is C31H32BN7O. The van der Waals surface area contributed by atoms with Crippen molar-refractivity contribution in [3.05, 3.63) is 91.1 Å². The molecule has 2 amide bonds. The zero-order valence-electron chi connectivity index (χ0n) is 22.5. The van der Waals surface area contributed by atoms with Crippen LogP contribution in [0.3, 0.4) is 0 Å². The maximum atomic E-state index is 13.3. The van der Waals surface area contributed by atoms with E-state index in [4.69, 9.17) is 10.7 Å². The van der Waals surface area contributed by atoms with Crippen LogP contribution in [0.15, 0.2) is 91.1 Å². The van der Waals surface area contributed by atoms with Crippen LogP contribution < -0.4 is 21.8 Å². The Morgan fingerprint density at radius 1 is 1.00 bits per heavy atom. The minimum Gasteiger partial charge on any atom is -0.398 e. The minimum absolute atomic E-state index is 0.0658. The Balaban J connectivity index is 1.16. The lowest BCUT2D eigenvalue weighted by atomic mass is 9.98. The highest BCUT2D eigenvalue weighted by Gasteiger charge is 2.25.